The van der Waals surface area contributed by atoms with E-state index in [4.69, 9.17) is 4.74 Å². The predicted molar refractivity (Wildman–Crippen MR) is 163 cm³/mol. The monoisotopic (exact) mass is 680 g/mol. The van der Waals surface area contributed by atoms with Crippen molar-refractivity contribution in [3.05, 3.63) is 113 Å². The number of benzene rings is 4. The quantitative estimate of drug-likeness (QED) is 0.110. The Labute approximate surface area is 272 Å². The third-order valence-electron chi connectivity index (χ3n) is 8.66. The number of aryl methyl sites for hydroxylation is 1. The normalized spacial score (nSPS) is 16.8. The Morgan fingerprint density at radius 2 is 1.29 bits per heavy atom. The second kappa shape index (κ2) is 15.1. The highest BCUT2D eigenvalue weighted by Gasteiger charge is 2.42. The van der Waals surface area contributed by atoms with Gasteiger partial charge in [-0.2, -0.15) is 17.6 Å². The van der Waals surface area contributed by atoms with Crippen molar-refractivity contribution in [3.8, 4) is 28.0 Å². The van der Waals surface area contributed by atoms with Gasteiger partial charge in [0.15, 0.2) is 17.4 Å². The maximum absolute atomic E-state index is 15.2. The molecule has 1 fully saturated rings. The summed E-state index contributed by atoms with van der Waals surface area (Å²) in [6.45, 7) is -1.35. The number of hydrogen-bond donors (Lipinski definition) is 0. The van der Waals surface area contributed by atoms with Crippen molar-refractivity contribution < 1.29 is 49.0 Å². The molecule has 256 valence electrons. The van der Waals surface area contributed by atoms with E-state index in [2.05, 4.69) is 11.7 Å². The number of unbranched alkanes of at least 4 members (excludes halogenated alkanes) is 2. The van der Waals surface area contributed by atoms with Gasteiger partial charge in [-0.25, -0.2) is 22.0 Å². The average Bonchev–Trinajstić information content (AvgIpc) is 3.02. The Balaban J connectivity index is 1.22. The van der Waals surface area contributed by atoms with E-state index < -0.39 is 59.2 Å². The van der Waals surface area contributed by atoms with Crippen molar-refractivity contribution in [2.75, 3.05) is 0 Å². The zero-order chi connectivity index (χ0) is 34.6. The Bertz CT molecular complexity index is 1670. The zero-order valence-electron chi connectivity index (χ0n) is 26.0. The summed E-state index contributed by atoms with van der Waals surface area (Å²) in [6.07, 6.45) is -0.447. The lowest BCUT2D eigenvalue weighted by Crippen LogP contribution is -2.31. The van der Waals surface area contributed by atoms with Gasteiger partial charge < -0.3 is 9.47 Å². The third-order valence-corrected chi connectivity index (χ3v) is 8.66. The number of alkyl halides is 4. The first-order valence-corrected chi connectivity index (χ1v) is 15.7. The molecule has 4 aromatic carbocycles. The first-order valence-electron chi connectivity index (χ1n) is 15.7. The molecule has 0 spiro atoms. The molecule has 0 atom stereocenters. The molecule has 1 saturated carbocycles. The highest BCUT2D eigenvalue weighted by atomic mass is 19.3. The summed E-state index contributed by atoms with van der Waals surface area (Å²) < 4.78 is 137. The van der Waals surface area contributed by atoms with Crippen molar-refractivity contribution in [2.45, 2.75) is 83.0 Å². The number of halogens is 9. The summed E-state index contributed by atoms with van der Waals surface area (Å²) >= 11 is 0. The lowest BCUT2D eigenvalue weighted by molar-refractivity contribution is -0.280. The van der Waals surface area contributed by atoms with Crippen molar-refractivity contribution >= 4 is 0 Å². The van der Waals surface area contributed by atoms with Crippen LogP contribution in [0.2, 0.25) is 0 Å². The van der Waals surface area contributed by atoms with Gasteiger partial charge in [0.25, 0.3) is 0 Å². The van der Waals surface area contributed by atoms with E-state index in [1.807, 2.05) is 12.1 Å². The first kappa shape index (κ1) is 35.3. The Kier molecular flexibility index (Phi) is 11.1. The Morgan fingerprint density at radius 3 is 1.85 bits per heavy atom. The molecule has 1 aliphatic carbocycles. The lowest BCUT2D eigenvalue weighted by Gasteiger charge is -2.31. The van der Waals surface area contributed by atoms with E-state index >= 15 is 22.0 Å². The summed E-state index contributed by atoms with van der Waals surface area (Å²) in [4.78, 5) is 0. The summed E-state index contributed by atoms with van der Waals surface area (Å²) in [5.74, 6) is -8.11. The molecule has 2 nitrogen and oxygen atoms in total. The van der Waals surface area contributed by atoms with Gasteiger partial charge >= 0.3 is 12.7 Å². The zero-order valence-corrected chi connectivity index (χ0v) is 26.0. The maximum atomic E-state index is 15.2. The van der Waals surface area contributed by atoms with Crippen LogP contribution in [-0.4, -0.2) is 12.7 Å². The Morgan fingerprint density at radius 1 is 0.688 bits per heavy atom. The molecule has 0 saturated heterocycles. The van der Waals surface area contributed by atoms with E-state index in [0.717, 1.165) is 49.4 Å². The highest BCUT2D eigenvalue weighted by Crippen LogP contribution is 2.42. The van der Waals surface area contributed by atoms with Crippen LogP contribution in [0.4, 0.5) is 39.5 Å². The fraction of sp³-hybridized carbons (Fsp3) is 0.351. The fourth-order valence-corrected chi connectivity index (χ4v) is 6.18. The lowest BCUT2D eigenvalue weighted by atomic mass is 9.82. The highest BCUT2D eigenvalue weighted by molar-refractivity contribution is 5.66. The Hall–Kier alpha value is -3.99. The second-order valence-corrected chi connectivity index (χ2v) is 12.0. The molecular formula is C37H33F9O2. The minimum Gasteiger partial charge on any atom is -0.429 e. The molecule has 48 heavy (non-hydrogen) atoms. The average molecular weight is 681 g/mol. The van der Waals surface area contributed by atoms with Crippen LogP contribution in [0.25, 0.3) is 22.3 Å². The summed E-state index contributed by atoms with van der Waals surface area (Å²) in [6, 6.07) is 14.1. The van der Waals surface area contributed by atoms with Crippen molar-refractivity contribution in [1.29, 1.82) is 0 Å². The van der Waals surface area contributed by atoms with Crippen LogP contribution in [0, 0.1) is 29.1 Å². The molecular weight excluding hydrogens is 647 g/mol. The van der Waals surface area contributed by atoms with Gasteiger partial charge in [0.1, 0.15) is 23.0 Å². The largest absolute Gasteiger partial charge is 0.429 e. The van der Waals surface area contributed by atoms with E-state index in [1.165, 1.54) is 12.1 Å². The molecule has 0 unspecified atom stereocenters. The van der Waals surface area contributed by atoms with E-state index in [9.17, 15) is 17.6 Å². The van der Waals surface area contributed by atoms with Crippen LogP contribution in [0.5, 0.6) is 5.75 Å². The van der Waals surface area contributed by atoms with Gasteiger partial charge in [0, 0.05) is 5.56 Å². The third kappa shape index (κ3) is 8.17. The second-order valence-electron chi connectivity index (χ2n) is 12.0. The molecule has 11 heteroatoms. The molecule has 0 N–H and O–H groups in total. The molecule has 0 aliphatic heterocycles. The van der Waals surface area contributed by atoms with Crippen LogP contribution in [0.1, 0.15) is 74.5 Å². The molecule has 0 aromatic heterocycles. The number of rotatable bonds is 12. The van der Waals surface area contributed by atoms with Gasteiger partial charge in [-0.3, -0.25) is 0 Å². The maximum Gasteiger partial charge on any atom is 0.389 e. The van der Waals surface area contributed by atoms with Crippen LogP contribution < -0.4 is 4.74 Å². The summed E-state index contributed by atoms with van der Waals surface area (Å²) in [5, 5.41) is 0. The molecule has 1 aliphatic rings. The van der Waals surface area contributed by atoms with Gasteiger partial charge in [-0.05, 0) is 103 Å². The van der Waals surface area contributed by atoms with E-state index in [0.29, 0.717) is 36.1 Å². The van der Waals surface area contributed by atoms with Gasteiger partial charge in [-0.1, -0.05) is 56.2 Å². The van der Waals surface area contributed by atoms with Crippen LogP contribution in [-0.2, 0) is 17.3 Å². The smallest absolute Gasteiger partial charge is 0.389 e. The van der Waals surface area contributed by atoms with Gasteiger partial charge in [-0.15, -0.1) is 0 Å². The molecule has 0 heterocycles. The van der Waals surface area contributed by atoms with Crippen molar-refractivity contribution in [1.82, 2.24) is 0 Å². The minimum atomic E-state index is -4.25. The number of hydrogen-bond acceptors (Lipinski definition) is 2. The number of ether oxygens (including phenoxy) is 2. The molecule has 0 radical (unpaired) electrons. The standard InChI is InChI=1S/C37H33F9O2/c1-2-3-4-5-21-6-8-23(9-7-21)25-17-30(39)34(31(40)18-25)37(45,46)48-27-13-10-22(11-14-27)24-12-15-28(29(38)16-24)26-19-32(41)35(33(42)20-26)47-36(43)44/h6-9,12,15-20,22,27,36H,2-5,10-11,13-14H2,1H3. The van der Waals surface area contributed by atoms with E-state index in [-0.39, 0.29) is 35.4 Å². The topological polar surface area (TPSA) is 18.5 Å². The first-order chi connectivity index (χ1) is 22.9. The predicted octanol–water partition coefficient (Wildman–Crippen LogP) is 11.8. The molecule has 0 bridgehead atoms. The SMILES string of the molecule is CCCCCc1ccc(-c2cc(F)c(C(F)(F)OC3CCC(c4ccc(-c5cc(F)c(OC(F)F)c(F)c5)c(F)c4)CC3)c(F)c2)cc1. The van der Waals surface area contributed by atoms with Crippen LogP contribution in [0.15, 0.2) is 66.7 Å². The summed E-state index contributed by atoms with van der Waals surface area (Å²) in [5.41, 5.74) is 0.289. The summed E-state index contributed by atoms with van der Waals surface area (Å²) in [7, 11) is 0. The minimum absolute atomic E-state index is 0.0948. The van der Waals surface area contributed by atoms with Gasteiger partial charge in [0.05, 0.1) is 6.10 Å². The molecule has 5 rings (SSSR count). The fourth-order valence-electron chi connectivity index (χ4n) is 6.18. The molecule has 4 aromatic rings. The van der Waals surface area contributed by atoms with Crippen molar-refractivity contribution in [3.63, 3.8) is 0 Å². The van der Waals surface area contributed by atoms with Gasteiger partial charge in [0.2, 0.25) is 0 Å². The molecule has 0 amide bonds. The van der Waals surface area contributed by atoms with E-state index in [1.54, 1.807) is 12.1 Å². The van der Waals surface area contributed by atoms with Crippen LogP contribution in [0.3, 0.4) is 0 Å². The van der Waals surface area contributed by atoms with Crippen LogP contribution >= 0.6 is 0 Å². The van der Waals surface area contributed by atoms with Crippen molar-refractivity contribution in [2.24, 2.45) is 0 Å².